The molecule has 2 fully saturated rings. The summed E-state index contributed by atoms with van der Waals surface area (Å²) in [4.78, 5) is 19.6. The van der Waals surface area contributed by atoms with Gasteiger partial charge in [0.25, 0.3) is 15.9 Å². The number of hydrogen-bond acceptors (Lipinski definition) is 5. The first-order valence-corrected chi connectivity index (χ1v) is 14.2. The lowest BCUT2D eigenvalue weighted by molar-refractivity contribution is 0.0713. The van der Waals surface area contributed by atoms with Crippen LogP contribution in [0.2, 0.25) is 0 Å². The van der Waals surface area contributed by atoms with Crippen LogP contribution in [0.1, 0.15) is 53.1 Å². The number of carbonyl (C=O) groups excluding carboxylic acids is 1. The molecule has 0 aliphatic carbocycles. The molecular weight excluding hydrogens is 510 g/mol. The predicted octanol–water partition coefficient (Wildman–Crippen LogP) is 5.22. The van der Waals surface area contributed by atoms with E-state index in [-0.39, 0.29) is 34.0 Å². The Kier molecular flexibility index (Phi) is 7.45. The third-order valence-corrected chi connectivity index (χ3v) is 9.16. The molecule has 0 saturated carbocycles. The zero-order valence-electron chi connectivity index (χ0n) is 21.2. The standard InChI is InChI=1S/C28H30F2N4O3S/c1-19-16-23(30)8-9-25(19)32-26-17-27(38(36,37)34-12-2-3-13-34)31-18-24(26)28(35)33-14-10-21(11-15-33)20-4-6-22(29)7-5-20/h4-9,16-18,21H,2-3,10-15H2,1H3,(H,31,32). The summed E-state index contributed by atoms with van der Waals surface area (Å²) < 4.78 is 54.8. The number of rotatable bonds is 6. The fourth-order valence-electron chi connectivity index (χ4n) is 5.15. The molecule has 5 rings (SSSR count). The van der Waals surface area contributed by atoms with Crippen LogP contribution in [0.3, 0.4) is 0 Å². The Morgan fingerprint density at radius 2 is 1.58 bits per heavy atom. The van der Waals surface area contributed by atoms with Crippen LogP contribution < -0.4 is 5.32 Å². The summed E-state index contributed by atoms with van der Waals surface area (Å²) in [6, 6.07) is 12.1. The van der Waals surface area contributed by atoms with Gasteiger partial charge in [-0.05, 0) is 80.0 Å². The van der Waals surface area contributed by atoms with Gasteiger partial charge in [0.05, 0.1) is 11.3 Å². The molecule has 2 saturated heterocycles. The molecule has 0 bridgehead atoms. The molecule has 200 valence electrons. The predicted molar refractivity (Wildman–Crippen MR) is 141 cm³/mol. The molecule has 2 aliphatic rings. The van der Waals surface area contributed by atoms with E-state index in [1.54, 1.807) is 30.0 Å². The van der Waals surface area contributed by atoms with E-state index in [0.717, 1.165) is 31.2 Å². The number of aryl methyl sites for hydroxylation is 1. The van der Waals surface area contributed by atoms with E-state index in [4.69, 9.17) is 0 Å². The number of nitrogens with one attached hydrogen (secondary N) is 1. The molecule has 1 aromatic heterocycles. The van der Waals surface area contributed by atoms with Crippen LogP contribution in [0, 0.1) is 18.6 Å². The molecule has 0 radical (unpaired) electrons. The molecule has 3 aromatic rings. The summed E-state index contributed by atoms with van der Waals surface area (Å²) >= 11 is 0. The summed E-state index contributed by atoms with van der Waals surface area (Å²) in [5, 5.41) is 3.03. The van der Waals surface area contributed by atoms with Crippen molar-refractivity contribution in [2.75, 3.05) is 31.5 Å². The molecule has 10 heteroatoms. The zero-order chi connectivity index (χ0) is 26.9. The summed E-state index contributed by atoms with van der Waals surface area (Å²) in [5.74, 6) is -0.700. The number of benzene rings is 2. The highest BCUT2D eigenvalue weighted by atomic mass is 32.2. The summed E-state index contributed by atoms with van der Waals surface area (Å²) in [5.41, 5.74) is 2.77. The molecule has 0 atom stereocenters. The van der Waals surface area contributed by atoms with Crippen LogP contribution in [0.15, 0.2) is 59.8 Å². The second-order valence-electron chi connectivity index (χ2n) is 9.88. The molecule has 2 aliphatic heterocycles. The average Bonchev–Trinajstić information content (AvgIpc) is 3.47. The molecule has 2 aromatic carbocycles. The second-order valence-corrected chi connectivity index (χ2v) is 11.8. The molecule has 38 heavy (non-hydrogen) atoms. The highest BCUT2D eigenvalue weighted by Crippen LogP contribution is 2.32. The first-order valence-electron chi connectivity index (χ1n) is 12.8. The van der Waals surface area contributed by atoms with Gasteiger partial charge in [-0.1, -0.05) is 12.1 Å². The molecule has 1 N–H and O–H groups in total. The minimum Gasteiger partial charge on any atom is -0.355 e. The fourth-order valence-corrected chi connectivity index (χ4v) is 6.60. The van der Waals surface area contributed by atoms with Gasteiger partial charge < -0.3 is 10.2 Å². The van der Waals surface area contributed by atoms with E-state index in [1.807, 2.05) is 0 Å². The van der Waals surface area contributed by atoms with Crippen molar-refractivity contribution >= 4 is 27.3 Å². The summed E-state index contributed by atoms with van der Waals surface area (Å²) in [6.45, 7) is 3.62. The van der Waals surface area contributed by atoms with Gasteiger partial charge in [-0.15, -0.1) is 0 Å². The topological polar surface area (TPSA) is 82.6 Å². The Bertz CT molecular complexity index is 1430. The first-order chi connectivity index (χ1) is 18.2. The van der Waals surface area contributed by atoms with E-state index in [1.165, 1.54) is 40.8 Å². The van der Waals surface area contributed by atoms with Crippen molar-refractivity contribution in [1.29, 1.82) is 0 Å². The van der Waals surface area contributed by atoms with Crippen molar-refractivity contribution in [3.63, 3.8) is 0 Å². The maximum atomic E-state index is 13.7. The number of anilines is 2. The van der Waals surface area contributed by atoms with Gasteiger partial charge in [0.1, 0.15) is 11.6 Å². The largest absolute Gasteiger partial charge is 0.355 e. The second kappa shape index (κ2) is 10.8. The van der Waals surface area contributed by atoms with Gasteiger partial charge in [-0.2, -0.15) is 4.31 Å². The van der Waals surface area contributed by atoms with E-state index < -0.39 is 10.0 Å². The van der Waals surface area contributed by atoms with Crippen LogP contribution in [0.25, 0.3) is 0 Å². The molecule has 7 nitrogen and oxygen atoms in total. The van der Waals surface area contributed by atoms with E-state index >= 15 is 0 Å². The normalized spacial score (nSPS) is 17.1. The molecule has 1 amide bonds. The number of nitrogens with zero attached hydrogens (tertiary/aromatic N) is 3. The lowest BCUT2D eigenvalue weighted by Gasteiger charge is -2.32. The van der Waals surface area contributed by atoms with Crippen LogP contribution in [0.5, 0.6) is 0 Å². The van der Waals surface area contributed by atoms with E-state index in [9.17, 15) is 22.0 Å². The Labute approximate surface area is 221 Å². The van der Waals surface area contributed by atoms with Crippen molar-refractivity contribution in [2.45, 2.75) is 43.6 Å². The Morgan fingerprint density at radius 1 is 0.921 bits per heavy atom. The van der Waals surface area contributed by atoms with E-state index in [2.05, 4.69) is 10.3 Å². The molecule has 0 unspecified atom stereocenters. The lowest BCUT2D eigenvalue weighted by Crippen LogP contribution is -2.38. The van der Waals surface area contributed by atoms with Gasteiger partial charge in [0.2, 0.25) is 0 Å². The summed E-state index contributed by atoms with van der Waals surface area (Å²) in [6.07, 6.45) is 4.36. The number of aromatic nitrogens is 1. The van der Waals surface area contributed by atoms with Crippen LogP contribution in [-0.2, 0) is 10.0 Å². The smallest absolute Gasteiger partial charge is 0.260 e. The number of hydrogen-bond donors (Lipinski definition) is 1. The minimum absolute atomic E-state index is 0.131. The SMILES string of the molecule is Cc1cc(F)ccc1Nc1cc(S(=O)(=O)N2CCCC2)ncc1C(=O)N1CCC(c2ccc(F)cc2)CC1. The van der Waals surface area contributed by atoms with Crippen LogP contribution in [-0.4, -0.2) is 54.7 Å². The quantitative estimate of drug-likeness (QED) is 0.464. The number of pyridine rings is 1. The number of amides is 1. The summed E-state index contributed by atoms with van der Waals surface area (Å²) in [7, 11) is -3.81. The molecule has 0 spiro atoms. The third-order valence-electron chi connectivity index (χ3n) is 7.36. The van der Waals surface area contributed by atoms with Crippen LogP contribution in [0.4, 0.5) is 20.2 Å². The highest BCUT2D eigenvalue weighted by Gasteiger charge is 2.31. The minimum atomic E-state index is -3.81. The average molecular weight is 541 g/mol. The molecular formula is C28H30F2N4O3S. The Morgan fingerprint density at radius 3 is 2.24 bits per heavy atom. The number of piperidine rings is 1. The number of halogens is 2. The molecule has 3 heterocycles. The van der Waals surface area contributed by atoms with Crippen molar-refractivity contribution in [3.8, 4) is 0 Å². The van der Waals surface area contributed by atoms with Gasteiger partial charge in [0.15, 0.2) is 5.03 Å². The van der Waals surface area contributed by atoms with Gasteiger partial charge >= 0.3 is 0 Å². The van der Waals surface area contributed by atoms with Gasteiger partial charge in [-0.3, -0.25) is 4.79 Å². The van der Waals surface area contributed by atoms with Crippen molar-refractivity contribution in [2.24, 2.45) is 0 Å². The zero-order valence-corrected chi connectivity index (χ0v) is 22.0. The van der Waals surface area contributed by atoms with Gasteiger partial charge in [0, 0.05) is 44.1 Å². The maximum absolute atomic E-state index is 13.7. The Hall–Kier alpha value is -3.37. The van der Waals surface area contributed by atoms with E-state index in [0.29, 0.717) is 43.1 Å². The Balaban J connectivity index is 1.42. The fraction of sp³-hybridized carbons (Fsp3) is 0.357. The highest BCUT2D eigenvalue weighted by molar-refractivity contribution is 7.89. The monoisotopic (exact) mass is 540 g/mol. The number of likely N-dealkylation sites (tertiary alicyclic amines) is 1. The third kappa shape index (κ3) is 5.42. The van der Waals surface area contributed by atoms with Crippen LogP contribution >= 0.6 is 0 Å². The van der Waals surface area contributed by atoms with Gasteiger partial charge in [-0.25, -0.2) is 22.2 Å². The first kappa shape index (κ1) is 26.2. The lowest BCUT2D eigenvalue weighted by atomic mass is 9.89. The van der Waals surface area contributed by atoms with Crippen molar-refractivity contribution in [3.05, 3.63) is 83.1 Å². The number of carbonyl (C=O) groups is 1. The maximum Gasteiger partial charge on any atom is 0.260 e. The number of sulfonamides is 1. The van der Waals surface area contributed by atoms with Crippen molar-refractivity contribution < 1.29 is 22.0 Å². The van der Waals surface area contributed by atoms with Crippen molar-refractivity contribution in [1.82, 2.24) is 14.2 Å².